The van der Waals surface area contributed by atoms with Crippen LogP contribution >= 0.6 is 0 Å². The molecule has 1 aliphatic heterocycles. The van der Waals surface area contributed by atoms with Gasteiger partial charge in [-0.15, -0.1) is 0 Å². The zero-order valence-corrected chi connectivity index (χ0v) is 25.3. The van der Waals surface area contributed by atoms with Crippen LogP contribution in [0, 0.1) is 17.2 Å². The molecule has 0 radical (unpaired) electrons. The molecular formula is C30H33F3N10O4. The molecule has 17 heteroatoms. The van der Waals surface area contributed by atoms with Gasteiger partial charge < -0.3 is 26.4 Å². The number of anilines is 2. The van der Waals surface area contributed by atoms with Gasteiger partial charge in [-0.25, -0.2) is 9.97 Å². The Hall–Kier alpha value is -5.50. The Balaban J connectivity index is 0.00000160. The Kier molecular flexibility index (Phi) is 11.5. The second kappa shape index (κ2) is 15.7. The Morgan fingerprint density at radius 2 is 1.91 bits per heavy atom. The highest BCUT2D eigenvalue weighted by Gasteiger charge is 2.38. The van der Waals surface area contributed by atoms with Gasteiger partial charge in [-0.05, 0) is 56.1 Å². The van der Waals surface area contributed by atoms with E-state index in [9.17, 15) is 22.8 Å². The number of benzene rings is 1. The molecule has 4 heterocycles. The molecule has 5 rings (SSSR count). The average Bonchev–Trinajstić information content (AvgIpc) is 3.69. The molecule has 0 atom stereocenters. The number of amides is 2. The highest BCUT2D eigenvalue weighted by Crippen LogP contribution is 2.37. The maximum Gasteiger partial charge on any atom is 0.435 e. The van der Waals surface area contributed by atoms with Crippen LogP contribution in [-0.2, 0) is 28.7 Å². The van der Waals surface area contributed by atoms with Crippen molar-refractivity contribution in [3.05, 3.63) is 59.8 Å². The van der Waals surface area contributed by atoms with Gasteiger partial charge in [0, 0.05) is 48.8 Å². The number of hydrogen-bond acceptors (Lipinski definition) is 9. The lowest BCUT2D eigenvalue weighted by molar-refractivity contribution is -0.141. The molecule has 1 aromatic carbocycles. The van der Waals surface area contributed by atoms with Gasteiger partial charge in [-0.3, -0.25) is 23.5 Å². The summed E-state index contributed by atoms with van der Waals surface area (Å²) in [6, 6.07) is 6.98. The Morgan fingerprint density at radius 1 is 1.19 bits per heavy atom. The summed E-state index contributed by atoms with van der Waals surface area (Å²) in [5.74, 6) is 0.0346. The second-order valence-corrected chi connectivity index (χ2v) is 10.4. The van der Waals surface area contributed by atoms with Crippen LogP contribution in [0.1, 0.15) is 41.4 Å². The quantitative estimate of drug-likeness (QED) is 0.126. The molecule has 0 unspecified atom stereocenters. The van der Waals surface area contributed by atoms with Crippen LogP contribution < -0.4 is 21.3 Å². The number of carbonyl (C=O) groups excluding carboxylic acids is 2. The number of hydrogen-bond donors (Lipinski definition) is 5. The molecule has 248 valence electrons. The van der Waals surface area contributed by atoms with E-state index in [1.807, 2.05) is 6.92 Å². The topological polar surface area (TPSA) is 191 Å². The van der Waals surface area contributed by atoms with E-state index >= 15 is 0 Å². The predicted molar refractivity (Wildman–Crippen MR) is 164 cm³/mol. The van der Waals surface area contributed by atoms with Crippen molar-refractivity contribution in [2.75, 3.05) is 31.5 Å². The molecule has 14 nitrogen and oxygen atoms in total. The molecule has 47 heavy (non-hydrogen) atoms. The molecule has 3 aromatic heterocycles. The molecule has 5 N–H and O–H groups in total. The van der Waals surface area contributed by atoms with Gasteiger partial charge in [0.2, 0.25) is 5.91 Å². The summed E-state index contributed by atoms with van der Waals surface area (Å²) >= 11 is 0. The van der Waals surface area contributed by atoms with Gasteiger partial charge in [0.25, 0.3) is 12.4 Å². The second-order valence-electron chi connectivity index (χ2n) is 10.4. The van der Waals surface area contributed by atoms with Crippen molar-refractivity contribution < 1.29 is 32.7 Å². The zero-order valence-electron chi connectivity index (χ0n) is 25.3. The van der Waals surface area contributed by atoms with Crippen molar-refractivity contribution in [3.8, 4) is 17.3 Å². The number of aromatic nitrogens is 5. The molecular weight excluding hydrogens is 621 g/mol. The highest BCUT2D eigenvalue weighted by molar-refractivity contribution is 5.96. The number of halogens is 3. The summed E-state index contributed by atoms with van der Waals surface area (Å²) in [5.41, 5.74) is 0.937. The standard InChI is InChI=1S/C29H31F3N10O2.CH2O2/c1-2-18-15-20(3-4-21(18)28(44)37-11-10-36-27(43)19-5-8-34-9-6-19)39-25-26-38-16-23(42(26)14-12-35-25)22-17-41(13-7-33)40-24(22)29(30,31)32;2-1-3/h3-4,12,14-17,19,34H,2,5-6,8-11,13H2,1H3,(H,35,39)(H,36,43)(H,37,44);1H,(H,2,3). The lowest BCUT2D eigenvalue weighted by atomic mass is 9.97. The van der Waals surface area contributed by atoms with E-state index in [-0.39, 0.29) is 54.2 Å². The number of nitriles is 1. The Morgan fingerprint density at radius 3 is 2.60 bits per heavy atom. The van der Waals surface area contributed by atoms with Crippen molar-refractivity contribution in [3.63, 3.8) is 0 Å². The van der Waals surface area contributed by atoms with Gasteiger partial charge in [-0.1, -0.05) is 6.92 Å². The van der Waals surface area contributed by atoms with Gasteiger partial charge in [0.1, 0.15) is 6.54 Å². The summed E-state index contributed by atoms with van der Waals surface area (Å²) in [6.07, 6.45) is 2.82. The summed E-state index contributed by atoms with van der Waals surface area (Å²) in [6.45, 7) is 3.61. The van der Waals surface area contributed by atoms with Crippen LogP contribution in [0.15, 0.2) is 43.0 Å². The third-order valence-electron chi connectivity index (χ3n) is 7.38. The van der Waals surface area contributed by atoms with Gasteiger partial charge >= 0.3 is 6.18 Å². The van der Waals surface area contributed by atoms with E-state index in [1.165, 1.54) is 29.2 Å². The normalized spacial score (nSPS) is 13.3. The van der Waals surface area contributed by atoms with E-state index < -0.39 is 11.9 Å². The number of piperidine rings is 1. The van der Waals surface area contributed by atoms with E-state index in [0.717, 1.165) is 36.2 Å². The maximum atomic E-state index is 13.8. The monoisotopic (exact) mass is 654 g/mol. The van der Waals surface area contributed by atoms with E-state index in [0.29, 0.717) is 30.0 Å². The average molecular weight is 655 g/mol. The van der Waals surface area contributed by atoms with Gasteiger partial charge in [0.15, 0.2) is 17.2 Å². The molecule has 1 saturated heterocycles. The number of carboxylic acid groups (broad SMARTS) is 1. The molecule has 4 aromatic rings. The number of fused-ring (bicyclic) bond motifs is 1. The van der Waals surface area contributed by atoms with Crippen LogP contribution in [0.3, 0.4) is 0 Å². The minimum Gasteiger partial charge on any atom is -0.483 e. The molecule has 0 spiro atoms. The van der Waals surface area contributed by atoms with Crippen molar-refractivity contribution in [2.24, 2.45) is 5.92 Å². The fraction of sp³-hybridized carbons (Fsp3) is 0.367. The van der Waals surface area contributed by atoms with Crippen LogP contribution in [0.25, 0.3) is 16.9 Å². The van der Waals surface area contributed by atoms with Crippen LogP contribution in [0.2, 0.25) is 0 Å². The zero-order chi connectivity index (χ0) is 34.0. The molecule has 1 aliphatic rings. The van der Waals surface area contributed by atoms with E-state index in [1.54, 1.807) is 24.3 Å². The first-order chi connectivity index (χ1) is 22.6. The Labute approximate surface area is 267 Å². The summed E-state index contributed by atoms with van der Waals surface area (Å²) in [7, 11) is 0. The number of aryl methyl sites for hydroxylation is 1. The molecule has 1 fully saturated rings. The van der Waals surface area contributed by atoms with Gasteiger partial charge in [0.05, 0.1) is 23.5 Å². The maximum absolute atomic E-state index is 13.8. The van der Waals surface area contributed by atoms with Crippen LogP contribution in [0.5, 0.6) is 0 Å². The van der Waals surface area contributed by atoms with Crippen molar-refractivity contribution in [1.82, 2.24) is 40.1 Å². The fourth-order valence-electron chi connectivity index (χ4n) is 5.19. The first-order valence-electron chi connectivity index (χ1n) is 14.7. The van der Waals surface area contributed by atoms with Crippen molar-refractivity contribution in [1.29, 1.82) is 5.26 Å². The largest absolute Gasteiger partial charge is 0.483 e. The summed E-state index contributed by atoms with van der Waals surface area (Å²) in [4.78, 5) is 42.2. The third-order valence-corrected chi connectivity index (χ3v) is 7.38. The fourth-order valence-corrected chi connectivity index (χ4v) is 5.19. The van der Waals surface area contributed by atoms with E-state index in [4.69, 9.17) is 15.2 Å². The lowest BCUT2D eigenvalue weighted by Gasteiger charge is -2.21. The number of nitrogens with zero attached hydrogens (tertiary/aromatic N) is 6. The van der Waals surface area contributed by atoms with Crippen LogP contribution in [-0.4, -0.2) is 73.7 Å². The molecule has 0 bridgehead atoms. The number of imidazole rings is 1. The number of carbonyl (C=O) groups is 3. The van der Waals surface area contributed by atoms with Crippen molar-refractivity contribution >= 4 is 35.4 Å². The van der Waals surface area contributed by atoms with Gasteiger partial charge in [-0.2, -0.15) is 23.5 Å². The Bertz CT molecular complexity index is 1760. The predicted octanol–water partition coefficient (Wildman–Crippen LogP) is 2.99. The highest BCUT2D eigenvalue weighted by atomic mass is 19.4. The molecule has 2 amide bonds. The summed E-state index contributed by atoms with van der Waals surface area (Å²) < 4.78 is 43.7. The number of alkyl halides is 3. The SMILES string of the molecule is CCc1cc(Nc2nccn3c(-c4cn(CC#N)nc4C(F)(F)F)cnc23)ccc1C(=O)NCCNC(=O)C1CCNCC1.O=CO. The van der Waals surface area contributed by atoms with Crippen molar-refractivity contribution in [2.45, 2.75) is 38.9 Å². The third kappa shape index (κ3) is 8.41. The smallest absolute Gasteiger partial charge is 0.435 e. The van der Waals surface area contributed by atoms with E-state index in [2.05, 4.69) is 36.3 Å². The number of nitrogens with one attached hydrogen (secondary N) is 4. The minimum absolute atomic E-state index is 0.00150. The molecule has 0 saturated carbocycles. The molecule has 0 aliphatic carbocycles. The van der Waals surface area contributed by atoms with Crippen LogP contribution in [0.4, 0.5) is 24.7 Å². The lowest BCUT2D eigenvalue weighted by Crippen LogP contribution is -2.41. The first kappa shape index (κ1) is 34.4. The summed E-state index contributed by atoms with van der Waals surface area (Å²) in [5, 5.41) is 31.5. The first-order valence-corrected chi connectivity index (χ1v) is 14.7. The number of rotatable bonds is 10. The minimum atomic E-state index is -4.74.